The molecule has 0 atom stereocenters. The van der Waals surface area contributed by atoms with E-state index in [4.69, 9.17) is 4.74 Å². The van der Waals surface area contributed by atoms with Crippen LogP contribution in [0.1, 0.15) is 17.5 Å². The minimum atomic E-state index is -0.363. The van der Waals surface area contributed by atoms with Gasteiger partial charge in [-0.05, 0) is 60.7 Å². The lowest BCUT2D eigenvalue weighted by molar-refractivity contribution is -0.116. The summed E-state index contributed by atoms with van der Waals surface area (Å²) in [6, 6.07) is 14.7. The minimum absolute atomic E-state index is 0.169. The molecular formula is C22H21N3O4. The van der Waals surface area contributed by atoms with Crippen LogP contribution in [-0.2, 0) is 16.0 Å². The summed E-state index contributed by atoms with van der Waals surface area (Å²) in [4.78, 5) is 40.6. The van der Waals surface area contributed by atoms with Crippen molar-refractivity contribution in [3.8, 4) is 0 Å². The standard InChI is InChI=1S/C22H21N3O4/c1-14-2-3-15-13-16(21(27)24-19(15)12-14)4-9-20(26)23-17-5-7-18(8-6-17)25-10-11-29-22(25)28/h2-3,5-8,12-13H,4,9-11H2,1H3,(H,23,26)(H,24,27). The van der Waals surface area contributed by atoms with Crippen molar-refractivity contribution >= 4 is 34.3 Å². The van der Waals surface area contributed by atoms with Crippen LogP contribution in [0.2, 0.25) is 0 Å². The average Bonchev–Trinajstić information content (AvgIpc) is 3.13. The SMILES string of the molecule is Cc1ccc2cc(CCC(=O)Nc3ccc(N4CCOC4=O)cc3)c(=O)[nH]c2c1. The number of aryl methyl sites for hydroxylation is 2. The maximum absolute atomic E-state index is 12.3. The topological polar surface area (TPSA) is 91.5 Å². The molecule has 1 saturated heterocycles. The Morgan fingerprint density at radius 2 is 1.93 bits per heavy atom. The molecule has 0 bridgehead atoms. The van der Waals surface area contributed by atoms with Gasteiger partial charge in [-0.15, -0.1) is 0 Å². The van der Waals surface area contributed by atoms with Gasteiger partial charge in [-0.1, -0.05) is 12.1 Å². The number of benzene rings is 2. The van der Waals surface area contributed by atoms with Crippen LogP contribution in [0.15, 0.2) is 53.3 Å². The monoisotopic (exact) mass is 391 g/mol. The van der Waals surface area contributed by atoms with Crippen LogP contribution in [0.3, 0.4) is 0 Å². The molecule has 0 saturated carbocycles. The van der Waals surface area contributed by atoms with E-state index in [2.05, 4.69) is 10.3 Å². The summed E-state index contributed by atoms with van der Waals surface area (Å²) >= 11 is 0. The molecule has 7 nitrogen and oxygen atoms in total. The Morgan fingerprint density at radius 3 is 2.66 bits per heavy atom. The van der Waals surface area contributed by atoms with Gasteiger partial charge in [0.15, 0.2) is 0 Å². The lowest BCUT2D eigenvalue weighted by Crippen LogP contribution is -2.23. The van der Waals surface area contributed by atoms with Gasteiger partial charge >= 0.3 is 6.09 Å². The molecule has 0 aliphatic carbocycles. The number of nitrogens with one attached hydrogen (secondary N) is 2. The van der Waals surface area contributed by atoms with E-state index in [-0.39, 0.29) is 24.0 Å². The molecule has 0 spiro atoms. The van der Waals surface area contributed by atoms with Gasteiger partial charge in [-0.3, -0.25) is 14.5 Å². The normalized spacial score (nSPS) is 13.6. The molecule has 2 heterocycles. The summed E-state index contributed by atoms with van der Waals surface area (Å²) in [6.45, 7) is 2.87. The van der Waals surface area contributed by atoms with Gasteiger partial charge in [0, 0.05) is 28.9 Å². The molecule has 1 fully saturated rings. The zero-order valence-corrected chi connectivity index (χ0v) is 16.0. The smallest absolute Gasteiger partial charge is 0.414 e. The molecule has 2 aromatic carbocycles. The Bertz CT molecular complexity index is 1130. The van der Waals surface area contributed by atoms with Gasteiger partial charge in [-0.25, -0.2) is 4.79 Å². The van der Waals surface area contributed by atoms with Crippen molar-refractivity contribution < 1.29 is 14.3 Å². The molecule has 3 aromatic rings. The Hall–Kier alpha value is -3.61. The maximum Gasteiger partial charge on any atom is 0.414 e. The highest BCUT2D eigenvalue weighted by Crippen LogP contribution is 2.21. The Labute approximate surface area is 167 Å². The van der Waals surface area contributed by atoms with E-state index in [1.165, 1.54) is 0 Å². The second-order valence-corrected chi connectivity index (χ2v) is 7.08. The Kier molecular flexibility index (Phi) is 5.03. The van der Waals surface area contributed by atoms with Crippen LogP contribution in [0.25, 0.3) is 10.9 Å². The zero-order valence-electron chi connectivity index (χ0n) is 16.0. The lowest BCUT2D eigenvalue weighted by Gasteiger charge is -2.13. The number of carbonyl (C=O) groups excluding carboxylic acids is 2. The number of aromatic amines is 1. The van der Waals surface area contributed by atoms with Crippen molar-refractivity contribution in [2.45, 2.75) is 19.8 Å². The van der Waals surface area contributed by atoms with Crippen LogP contribution in [0.4, 0.5) is 16.2 Å². The molecule has 0 radical (unpaired) electrons. The molecule has 7 heteroatoms. The number of H-pyrrole nitrogens is 1. The second-order valence-electron chi connectivity index (χ2n) is 7.08. The zero-order chi connectivity index (χ0) is 20.4. The molecule has 4 rings (SSSR count). The molecule has 148 valence electrons. The fraction of sp³-hybridized carbons (Fsp3) is 0.227. The number of amides is 2. The Morgan fingerprint density at radius 1 is 1.14 bits per heavy atom. The van der Waals surface area contributed by atoms with Crippen molar-refractivity contribution in [1.82, 2.24) is 4.98 Å². The minimum Gasteiger partial charge on any atom is -0.447 e. The van der Waals surface area contributed by atoms with Crippen molar-refractivity contribution in [2.24, 2.45) is 0 Å². The summed E-state index contributed by atoms with van der Waals surface area (Å²) in [7, 11) is 0. The number of anilines is 2. The first-order valence-electron chi connectivity index (χ1n) is 9.46. The third kappa shape index (κ3) is 4.13. The summed E-state index contributed by atoms with van der Waals surface area (Å²) < 4.78 is 4.92. The molecule has 29 heavy (non-hydrogen) atoms. The quantitative estimate of drug-likeness (QED) is 0.698. The highest BCUT2D eigenvalue weighted by Gasteiger charge is 2.23. The van der Waals surface area contributed by atoms with E-state index in [0.717, 1.165) is 22.2 Å². The van der Waals surface area contributed by atoms with Crippen LogP contribution < -0.4 is 15.8 Å². The summed E-state index contributed by atoms with van der Waals surface area (Å²) in [5.74, 6) is -0.179. The predicted molar refractivity (Wildman–Crippen MR) is 111 cm³/mol. The van der Waals surface area contributed by atoms with Gasteiger partial charge in [-0.2, -0.15) is 0 Å². The molecule has 0 unspecified atom stereocenters. The van der Waals surface area contributed by atoms with E-state index < -0.39 is 0 Å². The van der Waals surface area contributed by atoms with E-state index in [0.29, 0.717) is 30.8 Å². The molecule has 1 aliphatic rings. The van der Waals surface area contributed by atoms with Gasteiger partial charge < -0.3 is 15.0 Å². The fourth-order valence-corrected chi connectivity index (χ4v) is 3.37. The van der Waals surface area contributed by atoms with E-state index in [9.17, 15) is 14.4 Å². The molecule has 2 N–H and O–H groups in total. The van der Waals surface area contributed by atoms with E-state index >= 15 is 0 Å². The molecular weight excluding hydrogens is 370 g/mol. The van der Waals surface area contributed by atoms with Crippen LogP contribution in [0.5, 0.6) is 0 Å². The molecule has 1 aliphatic heterocycles. The van der Waals surface area contributed by atoms with Gasteiger partial charge in [0.2, 0.25) is 5.91 Å². The molecule has 1 aromatic heterocycles. The maximum atomic E-state index is 12.3. The van der Waals surface area contributed by atoms with Crippen molar-refractivity contribution in [3.05, 3.63) is 70.0 Å². The summed E-state index contributed by atoms with van der Waals surface area (Å²) in [5, 5.41) is 3.77. The first-order chi connectivity index (χ1) is 14.0. The van der Waals surface area contributed by atoms with Crippen molar-refractivity contribution in [3.63, 3.8) is 0 Å². The number of carbonyl (C=O) groups is 2. The number of pyridine rings is 1. The first-order valence-corrected chi connectivity index (χ1v) is 9.46. The number of nitrogens with zero attached hydrogens (tertiary/aromatic N) is 1. The number of cyclic esters (lactones) is 1. The van der Waals surface area contributed by atoms with Crippen molar-refractivity contribution in [1.29, 1.82) is 0 Å². The number of hydrogen-bond donors (Lipinski definition) is 2. The van der Waals surface area contributed by atoms with Crippen LogP contribution in [0, 0.1) is 6.92 Å². The van der Waals surface area contributed by atoms with Crippen molar-refractivity contribution in [2.75, 3.05) is 23.4 Å². The number of fused-ring (bicyclic) bond motifs is 1. The number of ether oxygens (including phenoxy) is 1. The fourth-order valence-electron chi connectivity index (χ4n) is 3.37. The third-order valence-corrected chi connectivity index (χ3v) is 4.92. The third-order valence-electron chi connectivity index (χ3n) is 4.92. The van der Waals surface area contributed by atoms with E-state index in [1.54, 1.807) is 29.2 Å². The number of aromatic nitrogens is 1. The largest absolute Gasteiger partial charge is 0.447 e. The lowest BCUT2D eigenvalue weighted by atomic mass is 10.1. The molecule has 2 amide bonds. The highest BCUT2D eigenvalue weighted by atomic mass is 16.6. The second kappa shape index (κ2) is 7.79. The van der Waals surface area contributed by atoms with Gasteiger partial charge in [0.25, 0.3) is 5.56 Å². The van der Waals surface area contributed by atoms with E-state index in [1.807, 2.05) is 31.2 Å². The highest BCUT2D eigenvalue weighted by molar-refractivity contribution is 5.92. The average molecular weight is 391 g/mol. The van der Waals surface area contributed by atoms with Crippen LogP contribution in [-0.4, -0.2) is 30.1 Å². The van der Waals surface area contributed by atoms with Crippen LogP contribution >= 0.6 is 0 Å². The van der Waals surface area contributed by atoms with Gasteiger partial charge in [0.1, 0.15) is 6.61 Å². The van der Waals surface area contributed by atoms with Gasteiger partial charge in [0.05, 0.1) is 6.54 Å². The summed E-state index contributed by atoms with van der Waals surface area (Å²) in [6.07, 6.45) is 0.182. The Balaban J connectivity index is 1.38. The number of rotatable bonds is 5. The predicted octanol–water partition coefficient (Wildman–Crippen LogP) is 3.36. The number of hydrogen-bond acceptors (Lipinski definition) is 4. The summed E-state index contributed by atoms with van der Waals surface area (Å²) in [5.41, 5.74) is 3.65. The first kappa shape index (κ1) is 18.7.